The fraction of sp³-hybridized carbons (Fsp3) is 0.176. The first-order chi connectivity index (χ1) is 10.1. The molecule has 1 aliphatic heterocycles. The van der Waals surface area contributed by atoms with Crippen LogP contribution in [0.2, 0.25) is 0 Å². The second kappa shape index (κ2) is 4.19. The maximum Gasteiger partial charge on any atom is 0.252 e. The first kappa shape index (κ1) is 12.1. The van der Waals surface area contributed by atoms with Crippen molar-refractivity contribution in [3.63, 3.8) is 0 Å². The maximum absolute atomic E-state index is 12.0. The largest absolute Gasteiger partial charge is 0.348 e. The number of carbonyl (C=O) groups is 1. The summed E-state index contributed by atoms with van der Waals surface area (Å²) in [6.45, 7) is 4.62. The van der Waals surface area contributed by atoms with Crippen molar-refractivity contribution in [1.82, 2.24) is 14.7 Å². The van der Waals surface area contributed by atoms with Crippen LogP contribution >= 0.6 is 0 Å². The van der Waals surface area contributed by atoms with Crippen LogP contribution in [-0.2, 0) is 6.54 Å². The van der Waals surface area contributed by atoms with E-state index in [0.29, 0.717) is 6.54 Å². The molecule has 2 aromatic heterocycles. The monoisotopic (exact) mass is 277 g/mol. The number of benzene rings is 1. The number of hydrogen-bond acceptors (Lipinski definition) is 2. The van der Waals surface area contributed by atoms with Crippen molar-refractivity contribution >= 4 is 11.6 Å². The lowest BCUT2D eigenvalue weighted by molar-refractivity contribution is 0.0965. The average Bonchev–Trinajstić information content (AvgIpc) is 3.04. The number of hydrogen-bond donors (Lipinski definition) is 1. The lowest BCUT2D eigenvalue weighted by Crippen LogP contribution is -2.13. The lowest BCUT2D eigenvalue weighted by Gasteiger charge is -2.09. The fourth-order valence-corrected chi connectivity index (χ4v) is 3.04. The summed E-state index contributed by atoms with van der Waals surface area (Å²) in [6.07, 6.45) is 3.91. The topological polar surface area (TPSA) is 46.4 Å². The zero-order valence-electron chi connectivity index (χ0n) is 12.0. The van der Waals surface area contributed by atoms with Gasteiger partial charge in [0.05, 0.1) is 11.9 Å². The van der Waals surface area contributed by atoms with Crippen molar-refractivity contribution in [2.45, 2.75) is 20.4 Å². The Labute approximate surface area is 122 Å². The Kier molecular flexibility index (Phi) is 2.42. The lowest BCUT2D eigenvalue weighted by atomic mass is 9.97. The van der Waals surface area contributed by atoms with Crippen LogP contribution < -0.4 is 5.32 Å². The van der Waals surface area contributed by atoms with Gasteiger partial charge < -0.3 is 5.32 Å². The zero-order chi connectivity index (χ0) is 14.6. The molecule has 0 saturated heterocycles. The van der Waals surface area contributed by atoms with Gasteiger partial charge in [-0.05, 0) is 42.7 Å². The normalized spacial score (nSPS) is 13.5. The predicted octanol–water partition coefficient (Wildman–Crippen LogP) is 2.86. The number of nitrogens with one attached hydrogen (secondary N) is 1. The molecule has 104 valence electrons. The Morgan fingerprint density at radius 2 is 2.10 bits per heavy atom. The van der Waals surface area contributed by atoms with E-state index in [1.807, 2.05) is 25.4 Å². The number of pyridine rings is 1. The molecular formula is C17H15N3O. The molecule has 0 spiro atoms. The number of imidazole rings is 1. The molecule has 4 rings (SSSR count). The summed E-state index contributed by atoms with van der Waals surface area (Å²) in [5.41, 5.74) is 7.12. The van der Waals surface area contributed by atoms with Gasteiger partial charge in [-0.1, -0.05) is 12.1 Å². The van der Waals surface area contributed by atoms with Gasteiger partial charge >= 0.3 is 0 Å². The maximum atomic E-state index is 12.0. The number of fused-ring (bicyclic) bond motifs is 2. The molecule has 1 aliphatic rings. The molecule has 0 radical (unpaired) electrons. The Morgan fingerprint density at radius 3 is 2.95 bits per heavy atom. The van der Waals surface area contributed by atoms with Gasteiger partial charge in [0, 0.05) is 23.9 Å². The third-order valence-corrected chi connectivity index (χ3v) is 4.12. The summed E-state index contributed by atoms with van der Waals surface area (Å²) in [5.74, 6) is 0.0222. The first-order valence-corrected chi connectivity index (χ1v) is 7.00. The second-order valence-corrected chi connectivity index (χ2v) is 5.54. The van der Waals surface area contributed by atoms with E-state index in [4.69, 9.17) is 0 Å². The minimum absolute atomic E-state index is 0.0222. The molecule has 0 bridgehead atoms. The van der Waals surface area contributed by atoms with Gasteiger partial charge in [-0.2, -0.15) is 0 Å². The van der Waals surface area contributed by atoms with Gasteiger partial charge in [0.2, 0.25) is 0 Å². The minimum Gasteiger partial charge on any atom is -0.348 e. The molecule has 3 heterocycles. The van der Waals surface area contributed by atoms with Crippen LogP contribution in [0.1, 0.15) is 27.0 Å². The molecule has 21 heavy (non-hydrogen) atoms. The van der Waals surface area contributed by atoms with Gasteiger partial charge in [-0.15, -0.1) is 0 Å². The summed E-state index contributed by atoms with van der Waals surface area (Å²) in [4.78, 5) is 16.5. The SMILES string of the molecule is Cc1ccn2c(-c3ccc(C)c4c3CNC4=O)cnc2c1. The Bertz CT molecular complexity index is 892. The highest BCUT2D eigenvalue weighted by Gasteiger charge is 2.25. The van der Waals surface area contributed by atoms with E-state index in [2.05, 4.69) is 39.8 Å². The van der Waals surface area contributed by atoms with Crippen molar-refractivity contribution in [1.29, 1.82) is 0 Å². The number of amides is 1. The van der Waals surface area contributed by atoms with Crippen molar-refractivity contribution in [3.05, 3.63) is 58.9 Å². The van der Waals surface area contributed by atoms with Gasteiger partial charge in [0.25, 0.3) is 5.91 Å². The standard InChI is InChI=1S/C17H15N3O/c1-10-5-6-20-14(9-18-15(20)7-10)12-4-3-11(2)16-13(12)8-19-17(16)21/h3-7,9H,8H2,1-2H3,(H,19,21). The Morgan fingerprint density at radius 1 is 1.24 bits per heavy atom. The van der Waals surface area contributed by atoms with Crippen molar-refractivity contribution in [3.8, 4) is 11.3 Å². The van der Waals surface area contributed by atoms with Gasteiger partial charge in [-0.3, -0.25) is 9.20 Å². The van der Waals surface area contributed by atoms with E-state index in [9.17, 15) is 4.79 Å². The highest BCUT2D eigenvalue weighted by molar-refractivity contribution is 6.01. The van der Waals surface area contributed by atoms with Crippen LogP contribution in [-0.4, -0.2) is 15.3 Å². The molecular weight excluding hydrogens is 262 g/mol. The van der Waals surface area contributed by atoms with Crippen LogP contribution in [0.3, 0.4) is 0 Å². The highest BCUT2D eigenvalue weighted by Crippen LogP contribution is 2.31. The van der Waals surface area contributed by atoms with Crippen LogP contribution in [0.4, 0.5) is 0 Å². The van der Waals surface area contributed by atoms with E-state index in [1.54, 1.807) is 0 Å². The molecule has 0 aliphatic carbocycles. The van der Waals surface area contributed by atoms with Crippen molar-refractivity contribution in [2.75, 3.05) is 0 Å². The molecule has 1 N–H and O–H groups in total. The molecule has 0 fully saturated rings. The van der Waals surface area contributed by atoms with Crippen molar-refractivity contribution < 1.29 is 4.79 Å². The average molecular weight is 277 g/mol. The zero-order valence-corrected chi connectivity index (χ0v) is 12.0. The predicted molar refractivity (Wildman–Crippen MR) is 81.3 cm³/mol. The number of aromatic nitrogens is 2. The summed E-state index contributed by atoms with van der Waals surface area (Å²) in [7, 11) is 0. The third kappa shape index (κ3) is 1.69. The highest BCUT2D eigenvalue weighted by atomic mass is 16.1. The first-order valence-electron chi connectivity index (χ1n) is 7.00. The van der Waals surface area contributed by atoms with E-state index < -0.39 is 0 Å². The van der Waals surface area contributed by atoms with Crippen LogP contribution in [0, 0.1) is 13.8 Å². The minimum atomic E-state index is 0.0222. The smallest absolute Gasteiger partial charge is 0.252 e. The van der Waals surface area contributed by atoms with Crippen LogP contribution in [0.25, 0.3) is 16.9 Å². The van der Waals surface area contributed by atoms with Gasteiger partial charge in [-0.25, -0.2) is 4.98 Å². The van der Waals surface area contributed by atoms with E-state index in [1.165, 1.54) is 5.56 Å². The fourth-order valence-electron chi connectivity index (χ4n) is 3.04. The Hall–Kier alpha value is -2.62. The molecule has 0 atom stereocenters. The van der Waals surface area contributed by atoms with Gasteiger partial charge in [0.15, 0.2) is 0 Å². The summed E-state index contributed by atoms with van der Waals surface area (Å²) in [5, 5.41) is 2.92. The van der Waals surface area contributed by atoms with E-state index in [-0.39, 0.29) is 5.91 Å². The Balaban J connectivity index is 2.00. The number of carbonyl (C=O) groups excluding carboxylic acids is 1. The van der Waals surface area contributed by atoms with E-state index >= 15 is 0 Å². The molecule has 4 nitrogen and oxygen atoms in total. The third-order valence-electron chi connectivity index (χ3n) is 4.12. The van der Waals surface area contributed by atoms with Crippen LogP contribution in [0.5, 0.6) is 0 Å². The van der Waals surface area contributed by atoms with Gasteiger partial charge in [0.1, 0.15) is 5.65 Å². The number of rotatable bonds is 1. The summed E-state index contributed by atoms with van der Waals surface area (Å²) < 4.78 is 2.07. The van der Waals surface area contributed by atoms with E-state index in [0.717, 1.165) is 33.6 Å². The molecule has 3 aromatic rings. The summed E-state index contributed by atoms with van der Waals surface area (Å²) in [6, 6.07) is 8.21. The molecule has 4 heteroatoms. The van der Waals surface area contributed by atoms with Crippen molar-refractivity contribution in [2.24, 2.45) is 0 Å². The molecule has 0 saturated carbocycles. The molecule has 0 unspecified atom stereocenters. The second-order valence-electron chi connectivity index (χ2n) is 5.54. The van der Waals surface area contributed by atoms with Crippen LogP contribution in [0.15, 0.2) is 36.7 Å². The summed E-state index contributed by atoms with van der Waals surface area (Å²) >= 11 is 0. The number of aryl methyl sites for hydroxylation is 2. The quantitative estimate of drug-likeness (QED) is 0.743. The molecule has 1 aromatic carbocycles. The molecule has 1 amide bonds. The number of nitrogens with zero attached hydrogens (tertiary/aromatic N) is 2.